The molecular weight excluding hydrogens is 256 g/mol. The third-order valence-corrected chi connectivity index (χ3v) is 4.86. The van der Waals surface area contributed by atoms with Gasteiger partial charge in [-0.15, -0.1) is 0 Å². The smallest absolute Gasteiger partial charge is 0.150 e. The van der Waals surface area contributed by atoms with Crippen molar-refractivity contribution in [3.05, 3.63) is 60.7 Å². The van der Waals surface area contributed by atoms with Crippen LogP contribution in [-0.2, 0) is 9.84 Å². The van der Waals surface area contributed by atoms with Crippen LogP contribution >= 0.6 is 0 Å². The van der Waals surface area contributed by atoms with E-state index in [0.717, 1.165) is 12.8 Å². The van der Waals surface area contributed by atoms with Gasteiger partial charge in [-0.05, 0) is 24.0 Å². The highest BCUT2D eigenvalue weighted by molar-refractivity contribution is 7.91. The van der Waals surface area contributed by atoms with Gasteiger partial charge in [0.2, 0.25) is 0 Å². The Bertz CT molecular complexity index is 540. The van der Waals surface area contributed by atoms with Crippen molar-refractivity contribution in [3.8, 4) is 11.1 Å². The summed E-state index contributed by atoms with van der Waals surface area (Å²) < 4.78 is 20.9. The number of hydrogen-bond donors (Lipinski definition) is 0. The molecule has 0 bridgehead atoms. The van der Waals surface area contributed by atoms with E-state index in [1.807, 2.05) is 12.1 Å². The highest BCUT2D eigenvalue weighted by Crippen LogP contribution is 2.17. The van der Waals surface area contributed by atoms with Gasteiger partial charge < -0.3 is 0 Å². The molecule has 19 heavy (non-hydrogen) atoms. The summed E-state index contributed by atoms with van der Waals surface area (Å²) in [6, 6.07) is 20.8. The van der Waals surface area contributed by atoms with Crippen LogP contribution in [-0.4, -0.2) is 19.9 Å². The summed E-state index contributed by atoms with van der Waals surface area (Å²) in [5.74, 6) is 0.847. The third-order valence-electron chi connectivity index (χ3n) is 3.04. The summed E-state index contributed by atoms with van der Waals surface area (Å²) in [7, 11) is -2.55. The van der Waals surface area contributed by atoms with E-state index in [1.54, 1.807) is 0 Å². The molecule has 100 valence electrons. The first kappa shape index (κ1) is 13.8. The molecule has 0 saturated carbocycles. The third kappa shape index (κ3) is 4.52. The van der Waals surface area contributed by atoms with Crippen LogP contribution in [0.1, 0.15) is 12.8 Å². The Labute approximate surface area is 115 Å². The second-order valence-electron chi connectivity index (χ2n) is 4.59. The number of sulfone groups is 1. The van der Waals surface area contributed by atoms with Crippen molar-refractivity contribution >= 4 is 9.84 Å². The molecule has 1 heterocycles. The zero-order valence-corrected chi connectivity index (χ0v) is 11.6. The van der Waals surface area contributed by atoms with Crippen LogP contribution in [0, 0.1) is 0 Å². The van der Waals surface area contributed by atoms with Crippen LogP contribution in [0.3, 0.4) is 0 Å². The van der Waals surface area contributed by atoms with Crippen molar-refractivity contribution in [1.29, 1.82) is 0 Å². The lowest BCUT2D eigenvalue weighted by Crippen LogP contribution is -1.98. The average molecular weight is 274 g/mol. The lowest BCUT2D eigenvalue weighted by Gasteiger charge is -1.98. The normalized spacial score (nSPS) is 16.4. The minimum Gasteiger partial charge on any atom is -0.229 e. The average Bonchev–Trinajstić information content (AvgIpc) is 2.86. The molecule has 2 aromatic rings. The van der Waals surface area contributed by atoms with Crippen molar-refractivity contribution in [2.75, 3.05) is 11.5 Å². The molecule has 0 radical (unpaired) electrons. The predicted molar refractivity (Wildman–Crippen MR) is 79.8 cm³/mol. The van der Waals surface area contributed by atoms with E-state index in [2.05, 4.69) is 48.5 Å². The zero-order chi connectivity index (χ0) is 13.6. The fourth-order valence-corrected chi connectivity index (χ4v) is 3.50. The Kier molecular flexibility index (Phi) is 4.74. The fraction of sp³-hybridized carbons (Fsp3) is 0.250. The summed E-state index contributed by atoms with van der Waals surface area (Å²) >= 11 is 0. The number of rotatable bonds is 1. The van der Waals surface area contributed by atoms with Crippen LogP contribution < -0.4 is 0 Å². The summed E-state index contributed by atoms with van der Waals surface area (Å²) in [6.45, 7) is 0. The van der Waals surface area contributed by atoms with Gasteiger partial charge in [0.25, 0.3) is 0 Å². The Balaban J connectivity index is 0.000000163. The molecule has 0 aromatic heterocycles. The number of benzene rings is 2. The van der Waals surface area contributed by atoms with E-state index in [-0.39, 0.29) is 0 Å². The van der Waals surface area contributed by atoms with Crippen LogP contribution in [0.2, 0.25) is 0 Å². The van der Waals surface area contributed by atoms with Gasteiger partial charge in [-0.1, -0.05) is 60.7 Å². The van der Waals surface area contributed by atoms with E-state index in [0.29, 0.717) is 11.5 Å². The van der Waals surface area contributed by atoms with Crippen molar-refractivity contribution in [1.82, 2.24) is 0 Å². The van der Waals surface area contributed by atoms with Crippen molar-refractivity contribution in [2.24, 2.45) is 0 Å². The second-order valence-corrected chi connectivity index (χ2v) is 6.89. The quantitative estimate of drug-likeness (QED) is 0.797. The van der Waals surface area contributed by atoms with Crippen LogP contribution in [0.5, 0.6) is 0 Å². The molecule has 3 rings (SSSR count). The Morgan fingerprint density at radius 3 is 1.26 bits per heavy atom. The SMILES string of the molecule is O=S1(=O)CCCC1.c1ccc(-c2ccccc2)cc1. The maximum Gasteiger partial charge on any atom is 0.150 e. The molecule has 1 aliphatic rings. The van der Waals surface area contributed by atoms with Gasteiger partial charge in [-0.3, -0.25) is 0 Å². The molecule has 3 heteroatoms. The lowest BCUT2D eigenvalue weighted by molar-refractivity contribution is 0.602. The largest absolute Gasteiger partial charge is 0.229 e. The molecule has 2 aromatic carbocycles. The molecule has 0 N–H and O–H groups in total. The molecular formula is C16H18O2S. The van der Waals surface area contributed by atoms with Gasteiger partial charge in [0, 0.05) is 0 Å². The molecule has 1 fully saturated rings. The lowest BCUT2D eigenvalue weighted by atomic mass is 10.1. The number of hydrogen-bond acceptors (Lipinski definition) is 2. The monoisotopic (exact) mass is 274 g/mol. The molecule has 0 aliphatic carbocycles. The minimum absolute atomic E-state index is 0.424. The fourth-order valence-electron chi connectivity index (χ4n) is 2.01. The van der Waals surface area contributed by atoms with E-state index >= 15 is 0 Å². The van der Waals surface area contributed by atoms with Crippen LogP contribution in [0.25, 0.3) is 11.1 Å². The standard InChI is InChI=1S/C12H10.C4H8O2S/c1-3-7-11(8-4-1)12-9-5-2-6-10-12;5-7(6)3-1-2-4-7/h1-10H;1-4H2. The van der Waals surface area contributed by atoms with Gasteiger partial charge >= 0.3 is 0 Å². The Hall–Kier alpha value is -1.61. The highest BCUT2D eigenvalue weighted by Gasteiger charge is 2.16. The van der Waals surface area contributed by atoms with Crippen molar-refractivity contribution in [3.63, 3.8) is 0 Å². The Morgan fingerprint density at radius 1 is 0.632 bits per heavy atom. The first-order chi connectivity index (χ1) is 9.17. The van der Waals surface area contributed by atoms with E-state index in [1.165, 1.54) is 11.1 Å². The van der Waals surface area contributed by atoms with Crippen molar-refractivity contribution in [2.45, 2.75) is 12.8 Å². The molecule has 2 nitrogen and oxygen atoms in total. The second kappa shape index (κ2) is 6.53. The minimum atomic E-state index is -2.55. The van der Waals surface area contributed by atoms with E-state index in [4.69, 9.17) is 0 Å². The molecule has 0 unspecified atom stereocenters. The summed E-state index contributed by atoms with van der Waals surface area (Å²) in [5, 5.41) is 0. The van der Waals surface area contributed by atoms with Gasteiger partial charge in [0.1, 0.15) is 9.84 Å². The molecule has 0 spiro atoms. The topological polar surface area (TPSA) is 34.1 Å². The first-order valence-corrected chi connectivity index (χ1v) is 8.30. The first-order valence-electron chi connectivity index (χ1n) is 6.48. The van der Waals surface area contributed by atoms with E-state index < -0.39 is 9.84 Å². The molecule has 0 amide bonds. The van der Waals surface area contributed by atoms with Gasteiger partial charge in [-0.25, -0.2) is 8.42 Å². The molecule has 1 aliphatic heterocycles. The Morgan fingerprint density at radius 2 is 1.00 bits per heavy atom. The predicted octanol–water partition coefficient (Wildman–Crippen LogP) is 3.55. The van der Waals surface area contributed by atoms with Crippen LogP contribution in [0.4, 0.5) is 0 Å². The van der Waals surface area contributed by atoms with E-state index in [9.17, 15) is 8.42 Å². The molecule has 0 atom stereocenters. The van der Waals surface area contributed by atoms with Gasteiger partial charge in [0.15, 0.2) is 0 Å². The summed E-state index contributed by atoms with van der Waals surface area (Å²) in [6.07, 6.45) is 1.75. The summed E-state index contributed by atoms with van der Waals surface area (Å²) in [4.78, 5) is 0. The zero-order valence-electron chi connectivity index (χ0n) is 10.8. The summed E-state index contributed by atoms with van der Waals surface area (Å²) in [5.41, 5.74) is 2.55. The van der Waals surface area contributed by atoms with Gasteiger partial charge in [0.05, 0.1) is 11.5 Å². The maximum atomic E-state index is 10.4. The van der Waals surface area contributed by atoms with Gasteiger partial charge in [-0.2, -0.15) is 0 Å². The maximum absolute atomic E-state index is 10.4. The highest BCUT2D eigenvalue weighted by atomic mass is 32.2. The van der Waals surface area contributed by atoms with Crippen LogP contribution in [0.15, 0.2) is 60.7 Å². The van der Waals surface area contributed by atoms with Crippen molar-refractivity contribution < 1.29 is 8.42 Å². The molecule has 1 saturated heterocycles.